The third-order valence-corrected chi connectivity index (χ3v) is 3.10. The van der Waals surface area contributed by atoms with Crippen molar-refractivity contribution in [2.75, 3.05) is 13.2 Å². The van der Waals surface area contributed by atoms with Gasteiger partial charge < -0.3 is 10.5 Å². The molecule has 19 heavy (non-hydrogen) atoms. The normalized spacial score (nSPS) is 12.5. The van der Waals surface area contributed by atoms with Crippen molar-refractivity contribution < 1.29 is 9.53 Å². The third kappa shape index (κ3) is 5.43. The van der Waals surface area contributed by atoms with Gasteiger partial charge in [-0.15, -0.1) is 0 Å². The monoisotopic (exact) mass is 263 g/mol. The van der Waals surface area contributed by atoms with E-state index in [-0.39, 0.29) is 11.7 Å². The first-order chi connectivity index (χ1) is 9.06. The Morgan fingerprint density at radius 2 is 1.89 bits per heavy atom. The standard InChI is InChI=1S/C16H25NO2/c1-4-19-15-7-5-14(6-8-15)16(18)10-13(11-17)9-12(2)3/h5-8,12-13H,4,9-11,17H2,1-3H3. The van der Waals surface area contributed by atoms with Gasteiger partial charge in [0.25, 0.3) is 0 Å². The zero-order chi connectivity index (χ0) is 14.3. The number of Topliss-reactive ketones (excluding diaryl/α,β-unsaturated/α-hetero) is 1. The van der Waals surface area contributed by atoms with Crippen LogP contribution in [0.3, 0.4) is 0 Å². The van der Waals surface area contributed by atoms with Crippen LogP contribution >= 0.6 is 0 Å². The lowest BCUT2D eigenvalue weighted by atomic mass is 9.91. The van der Waals surface area contributed by atoms with Gasteiger partial charge in [0.15, 0.2) is 5.78 Å². The molecule has 0 saturated carbocycles. The Morgan fingerprint density at radius 1 is 1.26 bits per heavy atom. The van der Waals surface area contributed by atoms with Gasteiger partial charge in [-0.1, -0.05) is 13.8 Å². The molecule has 1 unspecified atom stereocenters. The van der Waals surface area contributed by atoms with Crippen molar-refractivity contribution in [3.05, 3.63) is 29.8 Å². The van der Waals surface area contributed by atoms with E-state index in [9.17, 15) is 4.79 Å². The molecule has 0 spiro atoms. The number of hydrogen-bond donors (Lipinski definition) is 1. The Balaban J connectivity index is 2.61. The molecule has 0 fully saturated rings. The number of carbonyl (C=O) groups excluding carboxylic acids is 1. The molecule has 1 aromatic rings. The number of ketones is 1. The molecule has 1 aromatic carbocycles. The number of rotatable bonds is 8. The summed E-state index contributed by atoms with van der Waals surface area (Å²) in [5, 5.41) is 0. The maximum Gasteiger partial charge on any atom is 0.163 e. The molecule has 0 saturated heterocycles. The average molecular weight is 263 g/mol. The van der Waals surface area contributed by atoms with E-state index < -0.39 is 0 Å². The highest BCUT2D eigenvalue weighted by molar-refractivity contribution is 5.96. The second kappa shape index (κ2) is 7.95. The fraction of sp³-hybridized carbons (Fsp3) is 0.562. The lowest BCUT2D eigenvalue weighted by molar-refractivity contribution is 0.0957. The highest BCUT2D eigenvalue weighted by Gasteiger charge is 2.15. The van der Waals surface area contributed by atoms with Gasteiger partial charge in [0.2, 0.25) is 0 Å². The second-order valence-electron chi connectivity index (χ2n) is 5.32. The van der Waals surface area contributed by atoms with E-state index in [0.717, 1.165) is 17.7 Å². The van der Waals surface area contributed by atoms with E-state index in [1.807, 2.05) is 31.2 Å². The Kier molecular flexibility index (Phi) is 6.57. The van der Waals surface area contributed by atoms with Gasteiger partial charge >= 0.3 is 0 Å². The summed E-state index contributed by atoms with van der Waals surface area (Å²) >= 11 is 0. The number of benzene rings is 1. The zero-order valence-corrected chi connectivity index (χ0v) is 12.2. The van der Waals surface area contributed by atoms with Crippen molar-refractivity contribution in [3.8, 4) is 5.75 Å². The zero-order valence-electron chi connectivity index (χ0n) is 12.2. The lowest BCUT2D eigenvalue weighted by Gasteiger charge is -2.16. The number of carbonyl (C=O) groups is 1. The van der Waals surface area contributed by atoms with Crippen molar-refractivity contribution >= 4 is 5.78 Å². The van der Waals surface area contributed by atoms with Crippen LogP contribution in [0.15, 0.2) is 24.3 Å². The summed E-state index contributed by atoms with van der Waals surface area (Å²) in [6.45, 7) is 7.46. The minimum absolute atomic E-state index is 0.166. The maximum absolute atomic E-state index is 12.2. The van der Waals surface area contributed by atoms with E-state index in [4.69, 9.17) is 10.5 Å². The first-order valence-corrected chi connectivity index (χ1v) is 7.02. The molecule has 3 heteroatoms. The first kappa shape index (κ1) is 15.7. The summed E-state index contributed by atoms with van der Waals surface area (Å²) in [5.74, 6) is 1.82. The molecule has 3 nitrogen and oxygen atoms in total. The topological polar surface area (TPSA) is 52.3 Å². The molecule has 0 amide bonds. The predicted molar refractivity (Wildman–Crippen MR) is 78.6 cm³/mol. The highest BCUT2D eigenvalue weighted by atomic mass is 16.5. The Bertz CT molecular complexity index is 384. The Hall–Kier alpha value is -1.35. The number of nitrogens with two attached hydrogens (primary N) is 1. The SMILES string of the molecule is CCOc1ccc(C(=O)CC(CN)CC(C)C)cc1. The largest absolute Gasteiger partial charge is 0.494 e. The van der Waals surface area contributed by atoms with Gasteiger partial charge in [0.05, 0.1) is 6.61 Å². The first-order valence-electron chi connectivity index (χ1n) is 7.02. The predicted octanol–water partition coefficient (Wildman–Crippen LogP) is 3.28. The number of ether oxygens (including phenoxy) is 1. The fourth-order valence-corrected chi connectivity index (χ4v) is 2.21. The molecule has 0 aromatic heterocycles. The van der Waals surface area contributed by atoms with Gasteiger partial charge in [0.1, 0.15) is 5.75 Å². The number of hydrogen-bond acceptors (Lipinski definition) is 3. The van der Waals surface area contributed by atoms with Crippen LogP contribution in [0.2, 0.25) is 0 Å². The van der Waals surface area contributed by atoms with Gasteiger partial charge in [-0.25, -0.2) is 0 Å². The van der Waals surface area contributed by atoms with E-state index in [1.54, 1.807) is 0 Å². The van der Waals surface area contributed by atoms with Crippen molar-refractivity contribution in [2.24, 2.45) is 17.6 Å². The maximum atomic E-state index is 12.2. The van der Waals surface area contributed by atoms with Crippen LogP contribution in [-0.2, 0) is 0 Å². The van der Waals surface area contributed by atoms with E-state index in [0.29, 0.717) is 25.5 Å². The highest BCUT2D eigenvalue weighted by Crippen LogP contribution is 2.19. The molecule has 0 aliphatic carbocycles. The molecule has 0 heterocycles. The molecule has 1 rings (SSSR count). The van der Waals surface area contributed by atoms with Gasteiger partial charge in [-0.05, 0) is 56.0 Å². The Labute approximate surface area is 116 Å². The van der Waals surface area contributed by atoms with E-state index >= 15 is 0 Å². The van der Waals surface area contributed by atoms with E-state index in [1.165, 1.54) is 0 Å². The average Bonchev–Trinajstić information content (AvgIpc) is 2.38. The fourth-order valence-electron chi connectivity index (χ4n) is 2.21. The van der Waals surface area contributed by atoms with Crippen molar-refractivity contribution in [1.82, 2.24) is 0 Å². The summed E-state index contributed by atoms with van der Waals surface area (Å²) in [4.78, 5) is 12.2. The van der Waals surface area contributed by atoms with Gasteiger partial charge in [0, 0.05) is 12.0 Å². The van der Waals surface area contributed by atoms with Gasteiger partial charge in [-0.3, -0.25) is 4.79 Å². The van der Waals surface area contributed by atoms with Crippen LogP contribution in [0.5, 0.6) is 5.75 Å². The van der Waals surface area contributed by atoms with Crippen LogP contribution < -0.4 is 10.5 Å². The minimum Gasteiger partial charge on any atom is -0.494 e. The summed E-state index contributed by atoms with van der Waals surface area (Å²) < 4.78 is 5.36. The summed E-state index contributed by atoms with van der Waals surface area (Å²) in [6.07, 6.45) is 1.53. The third-order valence-electron chi connectivity index (χ3n) is 3.10. The van der Waals surface area contributed by atoms with Crippen LogP contribution in [-0.4, -0.2) is 18.9 Å². The van der Waals surface area contributed by atoms with Crippen molar-refractivity contribution in [2.45, 2.75) is 33.6 Å². The van der Waals surface area contributed by atoms with Crippen LogP contribution in [0.1, 0.15) is 44.0 Å². The molecule has 0 aliphatic heterocycles. The molecule has 106 valence electrons. The molecular formula is C16H25NO2. The smallest absolute Gasteiger partial charge is 0.163 e. The molecular weight excluding hydrogens is 238 g/mol. The van der Waals surface area contributed by atoms with Crippen molar-refractivity contribution in [1.29, 1.82) is 0 Å². The molecule has 1 atom stereocenters. The minimum atomic E-state index is 0.166. The Morgan fingerprint density at radius 3 is 2.37 bits per heavy atom. The summed E-state index contributed by atoms with van der Waals surface area (Å²) in [5.41, 5.74) is 6.48. The molecule has 0 aliphatic rings. The van der Waals surface area contributed by atoms with Crippen LogP contribution in [0.4, 0.5) is 0 Å². The second-order valence-corrected chi connectivity index (χ2v) is 5.32. The van der Waals surface area contributed by atoms with Crippen LogP contribution in [0.25, 0.3) is 0 Å². The quantitative estimate of drug-likeness (QED) is 0.732. The van der Waals surface area contributed by atoms with E-state index in [2.05, 4.69) is 13.8 Å². The molecule has 0 bridgehead atoms. The summed E-state index contributed by atoms with van der Waals surface area (Å²) in [7, 11) is 0. The van der Waals surface area contributed by atoms with Crippen LogP contribution in [0, 0.1) is 11.8 Å². The summed E-state index contributed by atoms with van der Waals surface area (Å²) in [6, 6.07) is 7.35. The molecule has 0 radical (unpaired) electrons. The van der Waals surface area contributed by atoms with Crippen molar-refractivity contribution in [3.63, 3.8) is 0 Å². The lowest BCUT2D eigenvalue weighted by Crippen LogP contribution is -2.20. The molecule has 2 N–H and O–H groups in total. The van der Waals surface area contributed by atoms with Gasteiger partial charge in [-0.2, -0.15) is 0 Å².